The van der Waals surface area contributed by atoms with Crippen molar-refractivity contribution in [2.24, 2.45) is 0 Å². The zero-order chi connectivity index (χ0) is 19.3. The Morgan fingerprint density at radius 3 is 2.58 bits per heavy atom. The molecular formula is C17H17N3O4S2. The van der Waals surface area contributed by atoms with Crippen LogP contribution < -0.4 is 10.5 Å². The van der Waals surface area contributed by atoms with Gasteiger partial charge in [-0.25, -0.2) is 13.2 Å². The number of carbonyl (C=O) groups is 1. The number of benzene rings is 2. The molecule has 0 bridgehead atoms. The van der Waals surface area contributed by atoms with Gasteiger partial charge in [-0.15, -0.1) is 0 Å². The third-order valence-electron chi connectivity index (χ3n) is 3.26. The van der Waals surface area contributed by atoms with Gasteiger partial charge in [0.1, 0.15) is 0 Å². The number of anilines is 2. The fourth-order valence-corrected chi connectivity index (χ4v) is 4.06. The molecule has 0 spiro atoms. The van der Waals surface area contributed by atoms with Crippen LogP contribution in [-0.4, -0.2) is 31.5 Å². The summed E-state index contributed by atoms with van der Waals surface area (Å²) in [6.07, 6.45) is 3.15. The molecule has 0 aliphatic carbocycles. The van der Waals surface area contributed by atoms with Crippen molar-refractivity contribution < 1.29 is 18.3 Å². The van der Waals surface area contributed by atoms with Crippen LogP contribution in [0.1, 0.15) is 5.56 Å². The van der Waals surface area contributed by atoms with Gasteiger partial charge in [0.2, 0.25) is 0 Å². The Labute approximate surface area is 155 Å². The summed E-state index contributed by atoms with van der Waals surface area (Å²) in [5.74, 6) is -1.16. The molecular weight excluding hydrogens is 374 g/mol. The Bertz CT molecular complexity index is 985. The van der Waals surface area contributed by atoms with Crippen molar-refractivity contribution in [1.29, 1.82) is 5.41 Å². The number of aliphatic carboxylic acids is 1. The molecule has 0 amide bonds. The summed E-state index contributed by atoms with van der Waals surface area (Å²) in [5.41, 5.74) is 7.09. The van der Waals surface area contributed by atoms with Crippen LogP contribution >= 0.6 is 11.9 Å². The van der Waals surface area contributed by atoms with Crippen LogP contribution in [0.3, 0.4) is 0 Å². The van der Waals surface area contributed by atoms with Crippen LogP contribution in [-0.2, 0) is 14.6 Å². The predicted molar refractivity (Wildman–Crippen MR) is 103 cm³/mol. The molecule has 9 heteroatoms. The summed E-state index contributed by atoms with van der Waals surface area (Å²) in [7, 11) is -3.36. The molecule has 0 heterocycles. The minimum atomic E-state index is -3.36. The largest absolute Gasteiger partial charge is 0.478 e. The van der Waals surface area contributed by atoms with E-state index in [0.29, 0.717) is 21.8 Å². The highest BCUT2D eigenvalue weighted by molar-refractivity contribution is 8.01. The van der Waals surface area contributed by atoms with E-state index < -0.39 is 15.8 Å². The molecule has 2 aromatic carbocycles. The average molecular weight is 391 g/mol. The number of nitrogens with one attached hydrogen (secondary N) is 2. The van der Waals surface area contributed by atoms with E-state index in [1.807, 2.05) is 0 Å². The fourth-order valence-electron chi connectivity index (χ4n) is 2.05. The molecule has 0 unspecified atom stereocenters. The first-order valence-electron chi connectivity index (χ1n) is 7.30. The van der Waals surface area contributed by atoms with Gasteiger partial charge in [-0.3, -0.25) is 0 Å². The van der Waals surface area contributed by atoms with Crippen LogP contribution in [0, 0.1) is 5.41 Å². The van der Waals surface area contributed by atoms with E-state index in [4.69, 9.17) is 16.2 Å². The number of sulfone groups is 1. The quantitative estimate of drug-likeness (QED) is 0.247. The lowest BCUT2D eigenvalue weighted by molar-refractivity contribution is -0.131. The highest BCUT2D eigenvalue weighted by Gasteiger charge is 2.13. The molecule has 0 aliphatic rings. The second-order valence-corrected chi connectivity index (χ2v) is 8.14. The summed E-state index contributed by atoms with van der Waals surface area (Å²) < 4.78 is 26.7. The van der Waals surface area contributed by atoms with E-state index in [0.717, 1.165) is 30.4 Å². The number of hydrogen-bond donors (Lipinski definition) is 4. The average Bonchev–Trinajstić information content (AvgIpc) is 2.58. The first kappa shape index (κ1) is 19.5. The van der Waals surface area contributed by atoms with Crippen molar-refractivity contribution in [2.75, 3.05) is 16.7 Å². The topological polar surface area (TPSA) is 133 Å². The maximum atomic E-state index is 11.8. The molecule has 0 fully saturated rings. The van der Waals surface area contributed by atoms with E-state index in [1.165, 1.54) is 6.07 Å². The molecule has 2 aromatic rings. The van der Waals surface area contributed by atoms with Crippen molar-refractivity contribution >= 4 is 44.8 Å². The number of carboxylic acids is 1. The number of carboxylic acid groups (broad SMARTS) is 1. The normalized spacial score (nSPS) is 11.4. The number of nitrogens with two attached hydrogens (primary N) is 1. The highest BCUT2D eigenvalue weighted by Crippen LogP contribution is 2.29. The number of hydrogen-bond acceptors (Lipinski definition) is 7. The highest BCUT2D eigenvalue weighted by atomic mass is 32.2. The Morgan fingerprint density at radius 2 is 1.92 bits per heavy atom. The number of nitrogen functional groups attached to an aromatic ring is 1. The van der Waals surface area contributed by atoms with Gasteiger partial charge in [0.25, 0.3) is 0 Å². The SMILES string of the molecule is CS(=O)(=O)c1ccccc1SNc1ccc(N)c(C(=N)/C=C/C(=O)O)c1. The monoisotopic (exact) mass is 391 g/mol. The summed E-state index contributed by atoms with van der Waals surface area (Å²) in [6.45, 7) is 0. The number of rotatable bonds is 7. The van der Waals surface area contributed by atoms with E-state index in [-0.39, 0.29) is 10.6 Å². The van der Waals surface area contributed by atoms with Gasteiger partial charge in [0, 0.05) is 34.2 Å². The molecule has 0 atom stereocenters. The molecule has 136 valence electrons. The molecule has 5 N–H and O–H groups in total. The van der Waals surface area contributed by atoms with Crippen molar-refractivity contribution in [3.05, 3.63) is 60.2 Å². The molecule has 0 aromatic heterocycles. The van der Waals surface area contributed by atoms with Gasteiger partial charge in [-0.2, -0.15) is 0 Å². The summed E-state index contributed by atoms with van der Waals surface area (Å²) >= 11 is 1.12. The van der Waals surface area contributed by atoms with E-state index in [9.17, 15) is 13.2 Å². The summed E-state index contributed by atoms with van der Waals surface area (Å²) in [4.78, 5) is 11.3. The third kappa shape index (κ3) is 5.11. The van der Waals surface area contributed by atoms with Gasteiger partial charge in [-0.05, 0) is 48.4 Å². The molecule has 0 saturated carbocycles. The zero-order valence-electron chi connectivity index (χ0n) is 13.8. The second-order valence-electron chi connectivity index (χ2n) is 5.31. The van der Waals surface area contributed by atoms with Crippen LogP contribution in [0.15, 0.2) is 64.4 Å². The molecule has 2 rings (SSSR count). The van der Waals surface area contributed by atoms with Gasteiger partial charge < -0.3 is 21.0 Å². The van der Waals surface area contributed by atoms with Crippen LogP contribution in [0.5, 0.6) is 0 Å². The first-order valence-corrected chi connectivity index (χ1v) is 10.0. The Kier molecular flexibility index (Phi) is 6.06. The maximum absolute atomic E-state index is 11.8. The smallest absolute Gasteiger partial charge is 0.328 e. The lowest BCUT2D eigenvalue weighted by Gasteiger charge is -2.11. The Hall–Kier alpha value is -2.78. The van der Waals surface area contributed by atoms with Gasteiger partial charge in [-0.1, -0.05) is 12.1 Å². The minimum Gasteiger partial charge on any atom is -0.478 e. The van der Waals surface area contributed by atoms with Crippen LogP contribution in [0.2, 0.25) is 0 Å². The lowest BCUT2D eigenvalue weighted by Crippen LogP contribution is -2.03. The first-order chi connectivity index (χ1) is 12.2. The van der Waals surface area contributed by atoms with E-state index >= 15 is 0 Å². The molecule has 0 radical (unpaired) electrons. The standard InChI is InChI=1S/C17H17N3O4S2/c1-26(23,24)16-5-3-2-4-15(16)25-20-11-6-7-13(18)12(10-11)14(19)8-9-17(21)22/h2-10,19-20H,18H2,1H3,(H,21,22)/b9-8+,19-14?. The zero-order valence-corrected chi connectivity index (χ0v) is 15.4. The summed E-state index contributed by atoms with van der Waals surface area (Å²) in [5, 5.41) is 16.6. The molecule has 7 nitrogen and oxygen atoms in total. The molecule has 26 heavy (non-hydrogen) atoms. The lowest BCUT2D eigenvalue weighted by atomic mass is 10.1. The summed E-state index contributed by atoms with van der Waals surface area (Å²) in [6, 6.07) is 11.5. The van der Waals surface area contributed by atoms with E-state index in [2.05, 4.69) is 4.72 Å². The van der Waals surface area contributed by atoms with Crippen molar-refractivity contribution in [3.63, 3.8) is 0 Å². The van der Waals surface area contributed by atoms with Gasteiger partial charge in [0.05, 0.1) is 10.6 Å². The molecule has 0 aliphatic heterocycles. The van der Waals surface area contributed by atoms with Crippen LogP contribution in [0.4, 0.5) is 11.4 Å². The second kappa shape index (κ2) is 8.07. The van der Waals surface area contributed by atoms with Gasteiger partial charge >= 0.3 is 5.97 Å². The minimum absolute atomic E-state index is 0.0462. The predicted octanol–water partition coefficient (Wildman–Crippen LogP) is 2.80. The van der Waals surface area contributed by atoms with Crippen molar-refractivity contribution in [1.82, 2.24) is 0 Å². The Balaban J connectivity index is 2.23. The molecule has 0 saturated heterocycles. The van der Waals surface area contributed by atoms with Crippen LogP contribution in [0.25, 0.3) is 0 Å². The van der Waals surface area contributed by atoms with Gasteiger partial charge in [0.15, 0.2) is 9.84 Å². The van der Waals surface area contributed by atoms with E-state index in [1.54, 1.807) is 36.4 Å². The fraction of sp³-hybridized carbons (Fsp3) is 0.0588. The van der Waals surface area contributed by atoms with Crippen molar-refractivity contribution in [2.45, 2.75) is 9.79 Å². The van der Waals surface area contributed by atoms with Crippen molar-refractivity contribution in [3.8, 4) is 0 Å². The third-order valence-corrected chi connectivity index (χ3v) is 5.46. The number of allylic oxidation sites excluding steroid dienone is 1. The maximum Gasteiger partial charge on any atom is 0.328 e. The Morgan fingerprint density at radius 1 is 1.23 bits per heavy atom.